The Morgan fingerprint density at radius 2 is 2.09 bits per heavy atom. The van der Waals surface area contributed by atoms with Gasteiger partial charge in [0.2, 0.25) is 5.91 Å². The zero-order chi connectivity index (χ0) is 23.9. The Kier molecular flexibility index (Phi) is 6.19. The van der Waals surface area contributed by atoms with E-state index >= 15 is 0 Å². The Bertz CT molecular complexity index is 1190. The van der Waals surface area contributed by atoms with Gasteiger partial charge in [-0.1, -0.05) is 17.7 Å². The average Bonchev–Trinajstić information content (AvgIpc) is 3.43. The number of aliphatic hydroxyl groups excluding tert-OH is 1. The van der Waals surface area contributed by atoms with Crippen molar-refractivity contribution in [3.05, 3.63) is 58.4 Å². The maximum Gasteiger partial charge on any atom is 0.436 e. The summed E-state index contributed by atoms with van der Waals surface area (Å²) in [5, 5.41) is 19.3. The third kappa shape index (κ3) is 4.60. The third-order valence-corrected chi connectivity index (χ3v) is 5.88. The highest BCUT2D eigenvalue weighted by atomic mass is 35.5. The van der Waals surface area contributed by atoms with Gasteiger partial charge in [0.1, 0.15) is 11.9 Å². The fraction of sp³-hybridized carbons (Fsp3) is 0.381. The molecule has 1 unspecified atom stereocenters. The standard InChI is InChI=1S/C21H20ClF4N5O2/c1-11-17(22)19(21(24,25)26)29-30(11)16(7-8-32)20(33)28-15-10-27-31(18(15)12-5-6-12)14-4-2-3-13(23)9-14/h2-4,9-10,12,16,32H,5-8H2,1H3,(H,28,33). The van der Waals surface area contributed by atoms with Gasteiger partial charge in [0, 0.05) is 18.9 Å². The topological polar surface area (TPSA) is 85.0 Å². The van der Waals surface area contributed by atoms with Crippen molar-refractivity contribution in [1.29, 1.82) is 0 Å². The smallest absolute Gasteiger partial charge is 0.396 e. The SMILES string of the molecule is Cc1c(Cl)c(C(F)(F)F)nn1C(CCO)C(=O)Nc1cnn(-c2cccc(F)c2)c1C1CC1. The number of amides is 1. The fourth-order valence-electron chi connectivity index (χ4n) is 3.70. The molecular weight excluding hydrogens is 466 g/mol. The largest absolute Gasteiger partial charge is 0.436 e. The first-order chi connectivity index (χ1) is 15.6. The monoisotopic (exact) mass is 485 g/mol. The molecule has 1 fully saturated rings. The van der Waals surface area contributed by atoms with Crippen LogP contribution in [-0.2, 0) is 11.0 Å². The van der Waals surface area contributed by atoms with Crippen molar-refractivity contribution in [3.8, 4) is 5.69 Å². The number of hydrogen-bond acceptors (Lipinski definition) is 4. The molecule has 12 heteroatoms. The van der Waals surface area contributed by atoms with Crippen LogP contribution in [0.15, 0.2) is 30.5 Å². The second-order valence-electron chi connectivity index (χ2n) is 7.82. The Hall–Kier alpha value is -2.92. The molecule has 0 aliphatic heterocycles. The molecule has 0 spiro atoms. The number of alkyl halides is 3. The summed E-state index contributed by atoms with van der Waals surface area (Å²) in [6.45, 7) is 0.855. The lowest BCUT2D eigenvalue weighted by molar-refractivity contribution is -0.141. The maximum absolute atomic E-state index is 13.7. The second-order valence-corrected chi connectivity index (χ2v) is 8.20. The van der Waals surface area contributed by atoms with E-state index in [0.717, 1.165) is 17.5 Å². The van der Waals surface area contributed by atoms with Crippen LogP contribution in [0.4, 0.5) is 23.2 Å². The molecule has 1 amide bonds. The number of nitrogens with one attached hydrogen (secondary N) is 1. The molecule has 33 heavy (non-hydrogen) atoms. The molecule has 0 saturated heterocycles. The van der Waals surface area contributed by atoms with Crippen molar-refractivity contribution < 1.29 is 27.5 Å². The van der Waals surface area contributed by atoms with Crippen LogP contribution in [0.1, 0.15) is 48.3 Å². The minimum Gasteiger partial charge on any atom is -0.396 e. The number of nitrogens with zero attached hydrogens (tertiary/aromatic N) is 4. The minimum absolute atomic E-state index is 0.0459. The number of halogens is 5. The predicted octanol–water partition coefficient (Wildman–Crippen LogP) is 4.63. The van der Waals surface area contributed by atoms with Crippen LogP contribution in [0.3, 0.4) is 0 Å². The Labute approximate surface area is 191 Å². The molecule has 2 aromatic heterocycles. The summed E-state index contributed by atoms with van der Waals surface area (Å²) < 4.78 is 55.8. The van der Waals surface area contributed by atoms with Crippen molar-refractivity contribution in [2.24, 2.45) is 0 Å². The summed E-state index contributed by atoms with van der Waals surface area (Å²) in [6.07, 6.45) is -1.85. The van der Waals surface area contributed by atoms with E-state index < -0.39 is 41.3 Å². The highest BCUT2D eigenvalue weighted by Gasteiger charge is 2.40. The van der Waals surface area contributed by atoms with Gasteiger partial charge in [-0.25, -0.2) is 9.07 Å². The van der Waals surface area contributed by atoms with E-state index in [1.54, 1.807) is 12.1 Å². The summed E-state index contributed by atoms with van der Waals surface area (Å²) in [4.78, 5) is 13.1. The first kappa shape index (κ1) is 23.2. The number of anilines is 1. The van der Waals surface area contributed by atoms with Crippen LogP contribution in [0.2, 0.25) is 5.02 Å². The number of aromatic nitrogens is 4. The van der Waals surface area contributed by atoms with Crippen molar-refractivity contribution in [3.63, 3.8) is 0 Å². The Morgan fingerprint density at radius 1 is 1.36 bits per heavy atom. The lowest BCUT2D eigenvalue weighted by Gasteiger charge is -2.18. The zero-order valence-electron chi connectivity index (χ0n) is 17.4. The molecule has 1 atom stereocenters. The van der Waals surface area contributed by atoms with Crippen molar-refractivity contribution in [1.82, 2.24) is 19.6 Å². The van der Waals surface area contributed by atoms with Crippen LogP contribution in [0.25, 0.3) is 5.69 Å². The lowest BCUT2D eigenvalue weighted by Crippen LogP contribution is -2.29. The second kappa shape index (κ2) is 8.79. The average molecular weight is 486 g/mol. The van der Waals surface area contributed by atoms with E-state index in [2.05, 4.69) is 15.5 Å². The van der Waals surface area contributed by atoms with Gasteiger partial charge in [-0.15, -0.1) is 0 Å². The van der Waals surface area contributed by atoms with Crippen LogP contribution in [0.5, 0.6) is 0 Å². The molecule has 2 N–H and O–H groups in total. The molecular formula is C21H20ClF4N5O2. The van der Waals surface area contributed by atoms with Crippen molar-refractivity contribution >= 4 is 23.2 Å². The summed E-state index contributed by atoms with van der Waals surface area (Å²) in [5.74, 6) is -1.02. The van der Waals surface area contributed by atoms with E-state index in [9.17, 15) is 27.5 Å². The quantitative estimate of drug-likeness (QED) is 0.478. The van der Waals surface area contributed by atoms with Gasteiger partial charge in [-0.3, -0.25) is 9.48 Å². The molecule has 0 radical (unpaired) electrons. The summed E-state index contributed by atoms with van der Waals surface area (Å²) in [5.41, 5.74) is 0.170. The molecule has 0 bridgehead atoms. The minimum atomic E-state index is -4.79. The molecule has 3 aromatic rings. The number of aliphatic hydroxyl groups is 1. The summed E-state index contributed by atoms with van der Waals surface area (Å²) in [7, 11) is 0. The number of carbonyl (C=O) groups is 1. The normalized spacial score (nSPS) is 15.0. The molecule has 7 nitrogen and oxygen atoms in total. The highest BCUT2D eigenvalue weighted by Crippen LogP contribution is 2.44. The molecule has 2 heterocycles. The molecule has 1 aliphatic carbocycles. The van der Waals surface area contributed by atoms with E-state index in [1.165, 1.54) is 29.9 Å². The van der Waals surface area contributed by atoms with Gasteiger partial charge < -0.3 is 10.4 Å². The Balaban J connectivity index is 1.67. The van der Waals surface area contributed by atoms with Gasteiger partial charge in [0.05, 0.1) is 34.0 Å². The van der Waals surface area contributed by atoms with E-state index in [-0.39, 0.29) is 18.0 Å². The number of carbonyl (C=O) groups excluding carboxylic acids is 1. The van der Waals surface area contributed by atoms with Crippen molar-refractivity contribution in [2.75, 3.05) is 11.9 Å². The Morgan fingerprint density at radius 3 is 2.67 bits per heavy atom. The van der Waals surface area contributed by atoms with Gasteiger partial charge >= 0.3 is 6.18 Å². The van der Waals surface area contributed by atoms with Crippen LogP contribution in [-0.4, -0.2) is 37.2 Å². The van der Waals surface area contributed by atoms with E-state index in [1.807, 2.05) is 0 Å². The van der Waals surface area contributed by atoms with Gasteiger partial charge in [0.15, 0.2) is 5.69 Å². The number of benzene rings is 1. The molecule has 4 rings (SSSR count). The lowest BCUT2D eigenvalue weighted by atomic mass is 10.1. The zero-order valence-corrected chi connectivity index (χ0v) is 18.2. The maximum atomic E-state index is 13.7. The summed E-state index contributed by atoms with van der Waals surface area (Å²) in [6, 6.07) is 4.59. The first-order valence-corrected chi connectivity index (χ1v) is 10.6. The predicted molar refractivity (Wildman–Crippen MR) is 112 cm³/mol. The molecule has 1 aromatic carbocycles. The third-order valence-electron chi connectivity index (χ3n) is 5.43. The fourth-order valence-corrected chi connectivity index (χ4v) is 3.93. The van der Waals surface area contributed by atoms with Crippen LogP contribution >= 0.6 is 11.6 Å². The van der Waals surface area contributed by atoms with Gasteiger partial charge in [-0.2, -0.15) is 23.4 Å². The molecule has 1 aliphatic rings. The van der Waals surface area contributed by atoms with E-state index in [4.69, 9.17) is 11.6 Å². The van der Waals surface area contributed by atoms with Crippen molar-refractivity contribution in [2.45, 2.75) is 44.3 Å². The number of hydrogen-bond donors (Lipinski definition) is 2. The van der Waals surface area contributed by atoms with E-state index in [0.29, 0.717) is 17.1 Å². The van der Waals surface area contributed by atoms with Crippen LogP contribution < -0.4 is 5.32 Å². The van der Waals surface area contributed by atoms with Gasteiger partial charge in [-0.05, 0) is 38.0 Å². The molecule has 1 saturated carbocycles. The molecule has 176 valence electrons. The van der Waals surface area contributed by atoms with Crippen LogP contribution in [0, 0.1) is 12.7 Å². The summed E-state index contributed by atoms with van der Waals surface area (Å²) >= 11 is 5.83. The van der Waals surface area contributed by atoms with Gasteiger partial charge in [0.25, 0.3) is 0 Å². The first-order valence-electron chi connectivity index (χ1n) is 10.2. The highest BCUT2D eigenvalue weighted by molar-refractivity contribution is 6.32. The number of rotatable bonds is 7.